The van der Waals surface area contributed by atoms with Gasteiger partial charge in [0.05, 0.1) is 11.8 Å². The van der Waals surface area contributed by atoms with Crippen LogP contribution in [0.3, 0.4) is 0 Å². The number of carbonyl (C=O) groups excluding carboxylic acids is 2. The van der Waals surface area contributed by atoms with Gasteiger partial charge in [-0.25, -0.2) is 0 Å². The summed E-state index contributed by atoms with van der Waals surface area (Å²) in [5.41, 5.74) is 2.02. The second kappa shape index (κ2) is 7.69. The zero-order valence-electron chi connectivity index (χ0n) is 14.4. The predicted octanol–water partition coefficient (Wildman–Crippen LogP) is 2.78. The number of amides is 2. The summed E-state index contributed by atoms with van der Waals surface area (Å²) in [7, 11) is 0. The molecule has 3 rings (SSSR count). The number of nitrogens with zero attached hydrogens (tertiary/aromatic N) is 1. The first-order valence-electron chi connectivity index (χ1n) is 9.12. The van der Waals surface area contributed by atoms with E-state index in [1.165, 1.54) is 24.9 Å². The first-order valence-corrected chi connectivity index (χ1v) is 9.12. The normalized spacial score (nSPS) is 22.8. The predicted molar refractivity (Wildman–Crippen MR) is 96.0 cm³/mol. The van der Waals surface area contributed by atoms with Crippen molar-refractivity contribution in [2.45, 2.75) is 39.0 Å². The average Bonchev–Trinajstić information content (AvgIpc) is 3.42. The molecule has 0 bridgehead atoms. The smallest absolute Gasteiger partial charge is 0.228 e. The summed E-state index contributed by atoms with van der Waals surface area (Å²) in [5, 5.41) is 5.80. The van der Waals surface area contributed by atoms with Crippen molar-refractivity contribution < 1.29 is 9.59 Å². The van der Waals surface area contributed by atoms with Crippen molar-refractivity contribution in [2.24, 2.45) is 11.8 Å². The van der Waals surface area contributed by atoms with Crippen LogP contribution >= 0.6 is 0 Å². The number of carbonyl (C=O) groups is 2. The minimum Gasteiger partial charge on any atom is -0.372 e. The van der Waals surface area contributed by atoms with E-state index in [1.54, 1.807) is 0 Å². The Balaban J connectivity index is 1.49. The van der Waals surface area contributed by atoms with Crippen molar-refractivity contribution >= 4 is 23.2 Å². The molecule has 2 aliphatic rings. The van der Waals surface area contributed by atoms with E-state index < -0.39 is 0 Å². The SMILES string of the molecule is CCCNC(=O)C1CC1C(=O)Nc1ccc(N2CCCCC2)cc1. The number of benzene rings is 1. The molecule has 0 aromatic heterocycles. The lowest BCUT2D eigenvalue weighted by molar-refractivity contribution is -0.125. The molecule has 5 nitrogen and oxygen atoms in total. The van der Waals surface area contributed by atoms with Crippen molar-refractivity contribution in [1.29, 1.82) is 0 Å². The molecule has 0 radical (unpaired) electrons. The lowest BCUT2D eigenvalue weighted by Gasteiger charge is -2.28. The second-order valence-corrected chi connectivity index (χ2v) is 6.82. The number of rotatable bonds is 6. The minimum absolute atomic E-state index is 0.0115. The maximum Gasteiger partial charge on any atom is 0.228 e. The van der Waals surface area contributed by atoms with Gasteiger partial charge in [0.25, 0.3) is 0 Å². The van der Waals surface area contributed by atoms with Gasteiger partial charge in [0.2, 0.25) is 11.8 Å². The molecule has 2 unspecified atom stereocenters. The van der Waals surface area contributed by atoms with Crippen LogP contribution in [-0.4, -0.2) is 31.4 Å². The number of hydrogen-bond donors (Lipinski definition) is 2. The van der Waals surface area contributed by atoms with Gasteiger partial charge in [-0.15, -0.1) is 0 Å². The molecule has 5 heteroatoms. The van der Waals surface area contributed by atoms with Gasteiger partial charge in [-0.05, 0) is 56.4 Å². The Morgan fingerprint density at radius 1 is 1.04 bits per heavy atom. The van der Waals surface area contributed by atoms with E-state index >= 15 is 0 Å². The Morgan fingerprint density at radius 3 is 2.38 bits per heavy atom. The molecule has 1 aromatic rings. The van der Waals surface area contributed by atoms with Crippen molar-refractivity contribution in [3.8, 4) is 0 Å². The van der Waals surface area contributed by atoms with Crippen LogP contribution in [0.5, 0.6) is 0 Å². The molecule has 1 aliphatic carbocycles. The van der Waals surface area contributed by atoms with Crippen LogP contribution in [0, 0.1) is 11.8 Å². The lowest BCUT2D eigenvalue weighted by Crippen LogP contribution is -2.29. The van der Waals surface area contributed by atoms with Crippen LogP contribution < -0.4 is 15.5 Å². The van der Waals surface area contributed by atoms with Crippen LogP contribution in [-0.2, 0) is 9.59 Å². The van der Waals surface area contributed by atoms with E-state index in [4.69, 9.17) is 0 Å². The van der Waals surface area contributed by atoms with E-state index in [1.807, 2.05) is 19.1 Å². The van der Waals surface area contributed by atoms with Gasteiger partial charge in [0.1, 0.15) is 0 Å². The summed E-state index contributed by atoms with van der Waals surface area (Å²) in [5.74, 6) is -0.359. The van der Waals surface area contributed by atoms with Gasteiger partial charge in [0, 0.05) is 31.0 Å². The Kier molecular flexibility index (Phi) is 5.38. The van der Waals surface area contributed by atoms with Crippen LogP contribution in [0.2, 0.25) is 0 Å². The number of anilines is 2. The quantitative estimate of drug-likeness (QED) is 0.843. The highest BCUT2D eigenvalue weighted by molar-refractivity contribution is 5.99. The highest BCUT2D eigenvalue weighted by atomic mass is 16.2. The maximum absolute atomic E-state index is 12.2. The summed E-state index contributed by atoms with van der Waals surface area (Å²) in [6, 6.07) is 8.05. The summed E-state index contributed by atoms with van der Waals surface area (Å²) >= 11 is 0. The highest BCUT2D eigenvalue weighted by Gasteiger charge is 2.47. The molecular formula is C19H27N3O2. The summed E-state index contributed by atoms with van der Waals surface area (Å²) in [6.45, 7) is 4.93. The van der Waals surface area contributed by atoms with Gasteiger partial charge >= 0.3 is 0 Å². The molecule has 2 amide bonds. The minimum atomic E-state index is -0.177. The van der Waals surface area contributed by atoms with Gasteiger partial charge in [-0.3, -0.25) is 9.59 Å². The second-order valence-electron chi connectivity index (χ2n) is 6.82. The Morgan fingerprint density at radius 2 is 1.71 bits per heavy atom. The molecular weight excluding hydrogens is 302 g/mol. The van der Waals surface area contributed by atoms with Crippen molar-refractivity contribution in [3.05, 3.63) is 24.3 Å². The zero-order valence-corrected chi connectivity index (χ0v) is 14.4. The fraction of sp³-hybridized carbons (Fsp3) is 0.579. The molecule has 1 saturated carbocycles. The molecule has 2 fully saturated rings. The molecule has 24 heavy (non-hydrogen) atoms. The average molecular weight is 329 g/mol. The topological polar surface area (TPSA) is 61.4 Å². The summed E-state index contributed by atoms with van der Waals surface area (Å²) in [6.07, 6.45) is 5.40. The van der Waals surface area contributed by atoms with Gasteiger partial charge in [-0.1, -0.05) is 6.92 Å². The molecule has 1 heterocycles. The molecule has 2 atom stereocenters. The Hall–Kier alpha value is -2.04. The van der Waals surface area contributed by atoms with E-state index in [2.05, 4.69) is 27.7 Å². The fourth-order valence-electron chi connectivity index (χ4n) is 3.30. The van der Waals surface area contributed by atoms with E-state index in [9.17, 15) is 9.59 Å². The standard InChI is InChI=1S/C19H27N3O2/c1-2-10-20-18(23)16-13-17(16)19(24)21-14-6-8-15(9-7-14)22-11-4-3-5-12-22/h6-9,16-17H,2-5,10-13H2,1H3,(H,20,23)(H,21,24). The van der Waals surface area contributed by atoms with Crippen molar-refractivity contribution in [2.75, 3.05) is 29.9 Å². The highest BCUT2D eigenvalue weighted by Crippen LogP contribution is 2.39. The monoisotopic (exact) mass is 329 g/mol. The van der Waals surface area contributed by atoms with Crippen molar-refractivity contribution in [1.82, 2.24) is 5.32 Å². The largest absolute Gasteiger partial charge is 0.372 e. The maximum atomic E-state index is 12.2. The number of piperidine rings is 1. The number of hydrogen-bond acceptors (Lipinski definition) is 3. The van der Waals surface area contributed by atoms with Crippen LogP contribution in [0.1, 0.15) is 39.0 Å². The van der Waals surface area contributed by atoms with Crippen LogP contribution in [0.15, 0.2) is 24.3 Å². The van der Waals surface area contributed by atoms with Gasteiger partial charge in [-0.2, -0.15) is 0 Å². The fourth-order valence-corrected chi connectivity index (χ4v) is 3.30. The summed E-state index contributed by atoms with van der Waals surface area (Å²) in [4.78, 5) is 26.5. The van der Waals surface area contributed by atoms with Crippen molar-refractivity contribution in [3.63, 3.8) is 0 Å². The van der Waals surface area contributed by atoms with Gasteiger partial charge in [0.15, 0.2) is 0 Å². The summed E-state index contributed by atoms with van der Waals surface area (Å²) < 4.78 is 0. The first-order chi connectivity index (χ1) is 11.7. The van der Waals surface area contributed by atoms with E-state index in [-0.39, 0.29) is 23.7 Å². The third-order valence-corrected chi connectivity index (χ3v) is 4.87. The Labute approximate surface area is 143 Å². The van der Waals surface area contributed by atoms with Crippen LogP contribution in [0.4, 0.5) is 11.4 Å². The molecule has 2 N–H and O–H groups in total. The third-order valence-electron chi connectivity index (χ3n) is 4.87. The zero-order chi connectivity index (χ0) is 16.9. The lowest BCUT2D eigenvalue weighted by atomic mass is 10.1. The molecule has 1 aromatic carbocycles. The van der Waals surface area contributed by atoms with Gasteiger partial charge < -0.3 is 15.5 Å². The van der Waals surface area contributed by atoms with E-state index in [0.29, 0.717) is 13.0 Å². The van der Waals surface area contributed by atoms with E-state index in [0.717, 1.165) is 25.2 Å². The first kappa shape index (κ1) is 16.8. The molecule has 1 aliphatic heterocycles. The molecule has 1 saturated heterocycles. The third kappa shape index (κ3) is 4.08. The van der Waals surface area contributed by atoms with Crippen LogP contribution in [0.25, 0.3) is 0 Å². The molecule has 0 spiro atoms. The molecule has 130 valence electrons. The Bertz CT molecular complexity index is 579. The number of nitrogens with one attached hydrogen (secondary N) is 2.